The van der Waals surface area contributed by atoms with Crippen LogP contribution in [0.5, 0.6) is 0 Å². The van der Waals surface area contributed by atoms with Gasteiger partial charge in [0, 0.05) is 0 Å². The van der Waals surface area contributed by atoms with Gasteiger partial charge in [-0.3, -0.25) is 9.59 Å². The molecule has 0 radical (unpaired) electrons. The molecule has 0 aromatic rings. The summed E-state index contributed by atoms with van der Waals surface area (Å²) in [5.74, 6) is -1.22. The molecule has 0 amide bonds. The fourth-order valence-electron chi connectivity index (χ4n) is 3.53. The molecule has 0 aliphatic carbocycles. The number of nitriles is 1. The molecule has 5 heteroatoms. The molecule has 0 aromatic carbocycles. The second kappa shape index (κ2) is 21.1. The highest BCUT2D eigenvalue weighted by Gasteiger charge is 2.23. The van der Waals surface area contributed by atoms with Crippen molar-refractivity contribution in [3.8, 4) is 6.07 Å². The zero-order chi connectivity index (χ0) is 21.6. The predicted molar refractivity (Wildman–Crippen MR) is 116 cm³/mol. The lowest BCUT2D eigenvalue weighted by Gasteiger charge is -2.13. The summed E-state index contributed by atoms with van der Waals surface area (Å²) in [6, 6.07) is 1.92. The normalized spacial score (nSPS) is 11.6. The third kappa shape index (κ3) is 18.2. The minimum Gasteiger partial charge on any atom is -0.469 e. The third-order valence-electron chi connectivity index (χ3n) is 5.33. The molecule has 5 nitrogen and oxygen atoms in total. The van der Waals surface area contributed by atoms with Gasteiger partial charge in [0.15, 0.2) is 0 Å². The van der Waals surface area contributed by atoms with E-state index in [0.29, 0.717) is 6.42 Å². The maximum absolute atomic E-state index is 11.9. The second-order valence-corrected chi connectivity index (χ2v) is 7.94. The van der Waals surface area contributed by atoms with E-state index in [1.165, 1.54) is 84.2 Å². The van der Waals surface area contributed by atoms with Crippen molar-refractivity contribution in [2.24, 2.45) is 5.92 Å². The van der Waals surface area contributed by atoms with Crippen LogP contribution in [0.2, 0.25) is 0 Å². The summed E-state index contributed by atoms with van der Waals surface area (Å²) in [4.78, 5) is 23.6. The number of unbranched alkanes of at least 4 members (excludes halogenated alkanes) is 13. The Kier molecular flexibility index (Phi) is 20.0. The highest BCUT2D eigenvalue weighted by atomic mass is 16.5. The summed E-state index contributed by atoms with van der Waals surface area (Å²) >= 11 is 0. The zero-order valence-electron chi connectivity index (χ0n) is 18.9. The molecule has 0 bridgehead atoms. The first-order valence-corrected chi connectivity index (χ1v) is 11.8. The SMILES string of the molecule is CCCCCCCCCCCCCCCCC(CC(=O)OCCC#N)C(=O)OC. The van der Waals surface area contributed by atoms with Gasteiger partial charge < -0.3 is 9.47 Å². The highest BCUT2D eigenvalue weighted by Crippen LogP contribution is 2.18. The molecule has 0 heterocycles. The molecule has 1 atom stereocenters. The third-order valence-corrected chi connectivity index (χ3v) is 5.33. The van der Waals surface area contributed by atoms with Crippen LogP contribution in [-0.2, 0) is 19.1 Å². The number of methoxy groups -OCH3 is 1. The maximum Gasteiger partial charge on any atom is 0.309 e. The largest absolute Gasteiger partial charge is 0.469 e. The fraction of sp³-hybridized carbons (Fsp3) is 0.875. The minimum absolute atomic E-state index is 0.0382. The van der Waals surface area contributed by atoms with E-state index in [-0.39, 0.29) is 25.4 Å². The molecule has 0 saturated heterocycles. The Morgan fingerprint density at radius 3 is 1.76 bits per heavy atom. The van der Waals surface area contributed by atoms with E-state index >= 15 is 0 Å². The van der Waals surface area contributed by atoms with Crippen LogP contribution in [0.1, 0.15) is 116 Å². The molecule has 0 aliphatic heterocycles. The van der Waals surface area contributed by atoms with Crippen LogP contribution in [0.4, 0.5) is 0 Å². The molecule has 0 aliphatic rings. The summed E-state index contributed by atoms with van der Waals surface area (Å²) in [5, 5.41) is 8.47. The van der Waals surface area contributed by atoms with Crippen molar-refractivity contribution in [2.45, 2.75) is 116 Å². The predicted octanol–water partition coefficient (Wildman–Crippen LogP) is 6.49. The molecule has 1 unspecified atom stereocenters. The lowest BCUT2D eigenvalue weighted by atomic mass is 9.97. The number of carbonyl (C=O) groups excluding carboxylic acids is 2. The Morgan fingerprint density at radius 2 is 1.31 bits per heavy atom. The van der Waals surface area contributed by atoms with Gasteiger partial charge in [-0.05, 0) is 6.42 Å². The van der Waals surface area contributed by atoms with E-state index in [9.17, 15) is 9.59 Å². The Balaban J connectivity index is 3.64. The van der Waals surface area contributed by atoms with Crippen molar-refractivity contribution in [2.75, 3.05) is 13.7 Å². The van der Waals surface area contributed by atoms with E-state index in [0.717, 1.165) is 12.8 Å². The van der Waals surface area contributed by atoms with Crippen LogP contribution in [0.15, 0.2) is 0 Å². The van der Waals surface area contributed by atoms with Gasteiger partial charge >= 0.3 is 11.9 Å². The topological polar surface area (TPSA) is 76.4 Å². The van der Waals surface area contributed by atoms with Crippen LogP contribution >= 0.6 is 0 Å². The number of hydrogen-bond acceptors (Lipinski definition) is 5. The molecule has 0 N–H and O–H groups in total. The van der Waals surface area contributed by atoms with Gasteiger partial charge in [-0.2, -0.15) is 5.26 Å². The monoisotopic (exact) mass is 409 g/mol. The Bertz CT molecular complexity index is 445. The average Bonchev–Trinajstić information content (AvgIpc) is 2.72. The Labute approximate surface area is 178 Å². The van der Waals surface area contributed by atoms with Gasteiger partial charge in [-0.1, -0.05) is 96.8 Å². The lowest BCUT2D eigenvalue weighted by Crippen LogP contribution is -2.21. The summed E-state index contributed by atoms with van der Waals surface area (Å²) in [6.07, 6.45) is 18.9. The first-order chi connectivity index (χ1) is 14.2. The molecule has 0 aromatic heterocycles. The first kappa shape index (κ1) is 27.4. The lowest BCUT2D eigenvalue weighted by molar-refractivity contribution is -0.153. The van der Waals surface area contributed by atoms with Crippen LogP contribution in [0.25, 0.3) is 0 Å². The number of nitrogens with zero attached hydrogens (tertiary/aromatic N) is 1. The summed E-state index contributed by atoms with van der Waals surface area (Å²) in [7, 11) is 1.35. The van der Waals surface area contributed by atoms with E-state index in [1.807, 2.05) is 6.07 Å². The molecule has 0 fully saturated rings. The maximum atomic E-state index is 11.9. The van der Waals surface area contributed by atoms with Gasteiger partial charge in [0.1, 0.15) is 6.61 Å². The standard InChI is InChI=1S/C24H43NO4/c1-3-4-5-6-7-8-9-10-11-12-13-14-15-16-18-22(24(27)28-2)21-23(26)29-20-17-19-25/h22H,3-18,20-21H2,1-2H3. The molecular formula is C24H43NO4. The van der Waals surface area contributed by atoms with Crippen molar-refractivity contribution >= 4 is 11.9 Å². The fourth-order valence-corrected chi connectivity index (χ4v) is 3.53. The first-order valence-electron chi connectivity index (χ1n) is 11.8. The summed E-state index contributed by atoms with van der Waals surface area (Å²) in [5.41, 5.74) is 0. The summed E-state index contributed by atoms with van der Waals surface area (Å²) < 4.78 is 9.77. The van der Waals surface area contributed by atoms with Gasteiger partial charge in [-0.25, -0.2) is 0 Å². The van der Waals surface area contributed by atoms with Crippen LogP contribution in [-0.4, -0.2) is 25.7 Å². The zero-order valence-corrected chi connectivity index (χ0v) is 18.9. The molecular weight excluding hydrogens is 366 g/mol. The van der Waals surface area contributed by atoms with Gasteiger partial charge in [0.25, 0.3) is 0 Å². The van der Waals surface area contributed by atoms with E-state index in [4.69, 9.17) is 14.7 Å². The van der Waals surface area contributed by atoms with E-state index in [2.05, 4.69) is 6.92 Å². The molecule has 29 heavy (non-hydrogen) atoms. The number of rotatable bonds is 20. The van der Waals surface area contributed by atoms with Crippen molar-refractivity contribution in [1.29, 1.82) is 5.26 Å². The highest BCUT2D eigenvalue weighted by molar-refractivity contribution is 5.79. The van der Waals surface area contributed by atoms with Gasteiger partial charge in [0.05, 0.1) is 31.9 Å². The minimum atomic E-state index is -0.438. The quantitative estimate of drug-likeness (QED) is 0.169. The van der Waals surface area contributed by atoms with Crippen molar-refractivity contribution in [1.82, 2.24) is 0 Å². The Morgan fingerprint density at radius 1 is 0.828 bits per heavy atom. The molecule has 0 spiro atoms. The van der Waals surface area contributed by atoms with Gasteiger partial charge in [-0.15, -0.1) is 0 Å². The Hall–Kier alpha value is -1.57. The van der Waals surface area contributed by atoms with Crippen LogP contribution in [0, 0.1) is 17.2 Å². The smallest absolute Gasteiger partial charge is 0.309 e. The van der Waals surface area contributed by atoms with E-state index in [1.54, 1.807) is 0 Å². The molecule has 0 rings (SSSR count). The number of ether oxygens (including phenoxy) is 2. The van der Waals surface area contributed by atoms with E-state index < -0.39 is 11.9 Å². The number of carbonyl (C=O) groups is 2. The second-order valence-electron chi connectivity index (χ2n) is 7.94. The van der Waals surface area contributed by atoms with Crippen molar-refractivity contribution < 1.29 is 19.1 Å². The van der Waals surface area contributed by atoms with Crippen LogP contribution in [0.3, 0.4) is 0 Å². The number of esters is 2. The van der Waals surface area contributed by atoms with Crippen LogP contribution < -0.4 is 0 Å². The van der Waals surface area contributed by atoms with Gasteiger partial charge in [0.2, 0.25) is 0 Å². The molecule has 168 valence electrons. The summed E-state index contributed by atoms with van der Waals surface area (Å²) in [6.45, 7) is 2.34. The molecule has 0 saturated carbocycles. The number of hydrogen-bond donors (Lipinski definition) is 0. The average molecular weight is 410 g/mol. The van der Waals surface area contributed by atoms with Crippen molar-refractivity contribution in [3.05, 3.63) is 0 Å². The van der Waals surface area contributed by atoms with Crippen molar-refractivity contribution in [3.63, 3.8) is 0 Å².